The van der Waals surface area contributed by atoms with E-state index in [2.05, 4.69) is 20.2 Å². The number of hydrogen-bond acceptors (Lipinski definition) is 4. The molecule has 90 valence electrons. The number of hydrogen-bond donors (Lipinski definition) is 1. The van der Waals surface area contributed by atoms with Crippen LogP contribution in [0.2, 0.25) is 0 Å². The van der Waals surface area contributed by atoms with Crippen LogP contribution in [-0.4, -0.2) is 20.2 Å². The van der Waals surface area contributed by atoms with Crippen molar-refractivity contribution >= 4 is 22.7 Å². The number of nitrogens with zero attached hydrogens (tertiary/aromatic N) is 3. The van der Waals surface area contributed by atoms with E-state index in [0.29, 0.717) is 10.7 Å². The summed E-state index contributed by atoms with van der Waals surface area (Å²) in [5.41, 5.74) is 0.632. The third-order valence-electron chi connectivity index (χ3n) is 2.44. The molecule has 3 rings (SSSR count). The molecule has 4 nitrogen and oxygen atoms in total. The molecule has 0 amide bonds. The highest BCUT2D eigenvalue weighted by Crippen LogP contribution is 2.30. The van der Waals surface area contributed by atoms with E-state index < -0.39 is 0 Å². The van der Waals surface area contributed by atoms with Crippen molar-refractivity contribution in [1.29, 1.82) is 0 Å². The number of nitrogens with one attached hydrogen (secondary N) is 1. The molecule has 3 aromatic rings. The zero-order chi connectivity index (χ0) is 12.5. The summed E-state index contributed by atoms with van der Waals surface area (Å²) in [6.07, 6.45) is 1.66. The molecule has 1 N–H and O–H groups in total. The summed E-state index contributed by atoms with van der Waals surface area (Å²) in [5.74, 6) is 0.479. The van der Waals surface area contributed by atoms with Crippen LogP contribution in [0.25, 0.3) is 10.9 Å². The number of aromatic nitrogens is 4. The van der Waals surface area contributed by atoms with Crippen LogP contribution in [0.1, 0.15) is 5.82 Å². The lowest BCUT2D eigenvalue weighted by Crippen LogP contribution is -1.84. The molecule has 0 saturated heterocycles. The zero-order valence-electron chi connectivity index (χ0n) is 9.51. The standard InChI is InChI=1S/C12H9FN4S/c1-7-15-12(17-16-7)18-11-4-5-14-10-6-8(13)2-3-9(10)11/h2-6H,1H3,(H,15,16,17). The van der Waals surface area contributed by atoms with Crippen LogP contribution in [0.4, 0.5) is 4.39 Å². The Morgan fingerprint density at radius 2 is 2.17 bits per heavy atom. The van der Waals surface area contributed by atoms with E-state index in [1.807, 2.05) is 13.0 Å². The van der Waals surface area contributed by atoms with Gasteiger partial charge in [0.2, 0.25) is 5.16 Å². The molecule has 2 heterocycles. The normalized spacial score (nSPS) is 11.0. The Hall–Kier alpha value is -1.95. The van der Waals surface area contributed by atoms with Gasteiger partial charge in [0, 0.05) is 22.5 Å². The molecule has 6 heteroatoms. The lowest BCUT2D eigenvalue weighted by atomic mass is 10.2. The first kappa shape index (κ1) is 11.2. The van der Waals surface area contributed by atoms with Gasteiger partial charge in [-0.25, -0.2) is 9.37 Å². The van der Waals surface area contributed by atoms with Crippen LogP contribution in [0.15, 0.2) is 40.5 Å². The van der Waals surface area contributed by atoms with E-state index in [1.54, 1.807) is 12.3 Å². The Morgan fingerprint density at radius 1 is 1.28 bits per heavy atom. The predicted octanol–water partition coefficient (Wildman–Crippen LogP) is 2.95. The van der Waals surface area contributed by atoms with Crippen LogP contribution in [0, 0.1) is 12.7 Å². The fourth-order valence-corrected chi connectivity index (χ4v) is 2.53. The van der Waals surface area contributed by atoms with Crippen LogP contribution < -0.4 is 0 Å². The number of fused-ring (bicyclic) bond motifs is 1. The van der Waals surface area contributed by atoms with Crippen molar-refractivity contribution in [3.63, 3.8) is 0 Å². The first-order valence-corrected chi connectivity index (χ1v) is 6.15. The van der Waals surface area contributed by atoms with Crippen molar-refractivity contribution in [3.8, 4) is 0 Å². The number of aromatic amines is 1. The molecular formula is C12H9FN4S. The van der Waals surface area contributed by atoms with Crippen molar-refractivity contribution in [2.24, 2.45) is 0 Å². The number of H-pyrrole nitrogens is 1. The van der Waals surface area contributed by atoms with Gasteiger partial charge >= 0.3 is 0 Å². The van der Waals surface area contributed by atoms with Crippen molar-refractivity contribution in [2.75, 3.05) is 0 Å². The summed E-state index contributed by atoms with van der Waals surface area (Å²) >= 11 is 1.43. The second kappa shape index (κ2) is 4.38. The van der Waals surface area contributed by atoms with Crippen LogP contribution >= 0.6 is 11.8 Å². The van der Waals surface area contributed by atoms with E-state index in [1.165, 1.54) is 23.9 Å². The number of aryl methyl sites for hydroxylation is 1. The van der Waals surface area contributed by atoms with Crippen molar-refractivity contribution in [1.82, 2.24) is 20.2 Å². The third-order valence-corrected chi connectivity index (χ3v) is 3.38. The fourth-order valence-electron chi connectivity index (χ4n) is 1.65. The third kappa shape index (κ3) is 2.06. The highest BCUT2D eigenvalue weighted by molar-refractivity contribution is 7.99. The number of pyridine rings is 1. The van der Waals surface area contributed by atoms with Gasteiger partial charge in [0.1, 0.15) is 11.6 Å². The molecule has 1 aromatic carbocycles. The molecular weight excluding hydrogens is 251 g/mol. The molecule has 0 spiro atoms. The van der Waals surface area contributed by atoms with Crippen LogP contribution in [0.5, 0.6) is 0 Å². The Kier molecular flexibility index (Phi) is 2.71. The largest absolute Gasteiger partial charge is 0.262 e. The summed E-state index contributed by atoms with van der Waals surface area (Å²) in [5, 5.41) is 8.39. The molecule has 0 aliphatic rings. The van der Waals surface area contributed by atoms with Gasteiger partial charge < -0.3 is 0 Å². The van der Waals surface area contributed by atoms with Crippen molar-refractivity contribution < 1.29 is 4.39 Å². The summed E-state index contributed by atoms with van der Waals surface area (Å²) in [6.45, 7) is 1.84. The van der Waals surface area contributed by atoms with Gasteiger partial charge in [-0.15, -0.1) is 5.10 Å². The van der Waals surface area contributed by atoms with Crippen LogP contribution in [-0.2, 0) is 0 Å². The van der Waals surface area contributed by atoms with Gasteiger partial charge in [0.25, 0.3) is 0 Å². The Balaban J connectivity index is 2.06. The summed E-state index contributed by atoms with van der Waals surface area (Å²) in [4.78, 5) is 9.34. The monoisotopic (exact) mass is 260 g/mol. The first-order chi connectivity index (χ1) is 8.72. The molecule has 0 unspecified atom stereocenters. The van der Waals surface area contributed by atoms with E-state index in [-0.39, 0.29) is 5.82 Å². The zero-order valence-corrected chi connectivity index (χ0v) is 10.3. The Bertz CT molecular complexity index is 710. The predicted molar refractivity (Wildman–Crippen MR) is 66.9 cm³/mol. The smallest absolute Gasteiger partial charge is 0.213 e. The minimum Gasteiger partial charge on any atom is -0.262 e. The van der Waals surface area contributed by atoms with Gasteiger partial charge in [-0.3, -0.25) is 10.1 Å². The maximum atomic E-state index is 13.1. The summed E-state index contributed by atoms with van der Waals surface area (Å²) in [7, 11) is 0. The van der Waals surface area contributed by atoms with Crippen molar-refractivity contribution in [2.45, 2.75) is 17.0 Å². The van der Waals surface area contributed by atoms with Gasteiger partial charge in [0.05, 0.1) is 5.52 Å². The summed E-state index contributed by atoms with van der Waals surface area (Å²) in [6, 6.07) is 6.44. The molecule has 0 bridgehead atoms. The first-order valence-electron chi connectivity index (χ1n) is 5.33. The molecule has 0 aliphatic carbocycles. The van der Waals surface area contributed by atoms with Gasteiger partial charge in [-0.2, -0.15) is 0 Å². The highest BCUT2D eigenvalue weighted by atomic mass is 32.2. The molecule has 0 aliphatic heterocycles. The summed E-state index contributed by atoms with van der Waals surface area (Å²) < 4.78 is 13.1. The Morgan fingerprint density at radius 3 is 2.94 bits per heavy atom. The minimum atomic E-state index is -0.286. The fraction of sp³-hybridized carbons (Fsp3) is 0.0833. The van der Waals surface area contributed by atoms with Gasteiger partial charge in [-0.1, -0.05) is 0 Å². The molecule has 0 fully saturated rings. The Labute approximate surface area is 107 Å². The average molecular weight is 260 g/mol. The van der Waals surface area contributed by atoms with E-state index in [0.717, 1.165) is 16.1 Å². The lowest BCUT2D eigenvalue weighted by Gasteiger charge is -2.02. The van der Waals surface area contributed by atoms with Crippen LogP contribution in [0.3, 0.4) is 0 Å². The maximum Gasteiger partial charge on any atom is 0.213 e. The quantitative estimate of drug-likeness (QED) is 0.769. The average Bonchev–Trinajstić information content (AvgIpc) is 2.75. The van der Waals surface area contributed by atoms with E-state index >= 15 is 0 Å². The number of rotatable bonds is 2. The molecule has 0 radical (unpaired) electrons. The van der Waals surface area contributed by atoms with E-state index in [9.17, 15) is 4.39 Å². The van der Waals surface area contributed by atoms with E-state index in [4.69, 9.17) is 0 Å². The molecule has 2 aromatic heterocycles. The number of benzene rings is 1. The van der Waals surface area contributed by atoms with Gasteiger partial charge in [0.15, 0.2) is 0 Å². The van der Waals surface area contributed by atoms with Gasteiger partial charge in [-0.05, 0) is 36.9 Å². The topological polar surface area (TPSA) is 54.5 Å². The highest BCUT2D eigenvalue weighted by Gasteiger charge is 2.07. The van der Waals surface area contributed by atoms with Crippen molar-refractivity contribution in [3.05, 3.63) is 42.1 Å². The second-order valence-corrected chi connectivity index (χ2v) is 4.79. The maximum absolute atomic E-state index is 13.1. The second-order valence-electron chi connectivity index (χ2n) is 3.78. The molecule has 0 atom stereocenters. The lowest BCUT2D eigenvalue weighted by molar-refractivity contribution is 0.629. The SMILES string of the molecule is Cc1nc(Sc2ccnc3cc(F)ccc23)n[nH]1. The minimum absolute atomic E-state index is 0.286. The number of halogens is 1. The molecule has 0 saturated carbocycles. The molecule has 18 heavy (non-hydrogen) atoms.